The van der Waals surface area contributed by atoms with Crippen LogP contribution in [0.4, 0.5) is 0 Å². The van der Waals surface area contributed by atoms with Gasteiger partial charge in [-0.05, 0) is 20.8 Å². The van der Waals surface area contributed by atoms with Crippen LogP contribution in [-0.2, 0) is 9.22 Å². The predicted molar refractivity (Wildman–Crippen MR) is 38.6 cm³/mol. The van der Waals surface area contributed by atoms with Gasteiger partial charge in [0, 0.05) is 5.54 Å². The van der Waals surface area contributed by atoms with Crippen LogP contribution in [0.3, 0.4) is 0 Å². The van der Waals surface area contributed by atoms with Crippen molar-refractivity contribution < 1.29 is 9.22 Å². The number of nitrogens with one attached hydrogen (secondary N) is 1. The van der Waals surface area contributed by atoms with Crippen LogP contribution >= 0.6 is 12.2 Å². The highest BCUT2D eigenvalue weighted by Gasteiger charge is 2.08. The van der Waals surface area contributed by atoms with E-state index in [2.05, 4.69) is 13.9 Å². The van der Waals surface area contributed by atoms with E-state index < -0.39 is 0 Å². The van der Waals surface area contributed by atoms with E-state index in [9.17, 15) is 0 Å². The van der Waals surface area contributed by atoms with Crippen LogP contribution in [0.25, 0.3) is 0 Å². The molecule has 0 aliphatic carbocycles. The first-order valence-electron chi connectivity index (χ1n) is 2.70. The van der Waals surface area contributed by atoms with Crippen molar-refractivity contribution in [2.24, 2.45) is 0 Å². The monoisotopic (exact) mass is 151 g/mol. The fourth-order valence-electron chi connectivity index (χ4n) is 0.176. The van der Waals surface area contributed by atoms with Gasteiger partial charge >= 0.3 is 0 Å². The third kappa shape index (κ3) is 8.23. The van der Waals surface area contributed by atoms with Gasteiger partial charge in [-0.1, -0.05) is 0 Å². The van der Waals surface area contributed by atoms with E-state index >= 15 is 0 Å². The standard InChI is InChI=1S/C5H13NO2S/c1-5(2,3)6-9-8-7-4/h6H,1-4H3. The molecule has 0 saturated heterocycles. The Kier molecular flexibility index (Phi) is 4.22. The summed E-state index contributed by atoms with van der Waals surface area (Å²) in [5, 5.41) is 0. The van der Waals surface area contributed by atoms with E-state index in [-0.39, 0.29) is 5.54 Å². The summed E-state index contributed by atoms with van der Waals surface area (Å²) >= 11 is 1.09. The van der Waals surface area contributed by atoms with E-state index in [1.165, 1.54) is 7.11 Å². The molecule has 0 rings (SSSR count). The molecule has 0 atom stereocenters. The Morgan fingerprint density at radius 1 is 1.33 bits per heavy atom. The molecule has 56 valence electrons. The van der Waals surface area contributed by atoms with Gasteiger partial charge in [-0.3, -0.25) is 0 Å². The molecule has 0 bridgehead atoms. The second-order valence-corrected chi connectivity index (χ2v) is 3.18. The maximum Gasteiger partial charge on any atom is 0.118 e. The zero-order valence-corrected chi connectivity index (χ0v) is 7.04. The van der Waals surface area contributed by atoms with E-state index in [0.717, 1.165) is 12.2 Å². The Balaban J connectivity index is 3.07. The van der Waals surface area contributed by atoms with Gasteiger partial charge in [0.15, 0.2) is 0 Å². The third-order valence-corrected chi connectivity index (χ3v) is 1.35. The van der Waals surface area contributed by atoms with Gasteiger partial charge in [-0.15, -0.1) is 4.33 Å². The fraction of sp³-hybridized carbons (Fsp3) is 1.00. The summed E-state index contributed by atoms with van der Waals surface area (Å²) < 4.78 is 7.51. The molecule has 0 aliphatic heterocycles. The number of rotatable bonds is 3. The molecule has 0 fully saturated rings. The molecule has 0 saturated carbocycles. The molecule has 1 N–H and O–H groups in total. The molecule has 0 aliphatic rings. The zero-order valence-electron chi connectivity index (χ0n) is 6.22. The van der Waals surface area contributed by atoms with Gasteiger partial charge in [0.1, 0.15) is 12.2 Å². The number of hydrogen-bond donors (Lipinski definition) is 1. The summed E-state index contributed by atoms with van der Waals surface area (Å²) in [5.74, 6) is 0. The summed E-state index contributed by atoms with van der Waals surface area (Å²) in [5.41, 5.74) is 0.0587. The molecule has 0 heterocycles. The topological polar surface area (TPSA) is 30.5 Å². The van der Waals surface area contributed by atoms with Gasteiger partial charge in [0.25, 0.3) is 0 Å². The van der Waals surface area contributed by atoms with Crippen molar-refractivity contribution in [3.8, 4) is 0 Å². The first-order chi connectivity index (χ1) is 4.06. The number of hydrogen-bond acceptors (Lipinski definition) is 4. The molecule has 0 aromatic carbocycles. The van der Waals surface area contributed by atoms with Gasteiger partial charge in [0.05, 0.1) is 7.11 Å². The van der Waals surface area contributed by atoms with E-state index in [1.807, 2.05) is 20.8 Å². The first-order valence-corrected chi connectivity index (χ1v) is 3.44. The van der Waals surface area contributed by atoms with Gasteiger partial charge in [-0.25, -0.2) is 9.61 Å². The molecule has 0 spiro atoms. The maximum absolute atomic E-state index is 4.52. The summed E-state index contributed by atoms with van der Waals surface area (Å²) in [6.07, 6.45) is 0. The van der Waals surface area contributed by atoms with Gasteiger partial charge in [0.2, 0.25) is 0 Å². The Morgan fingerprint density at radius 3 is 2.22 bits per heavy atom. The highest BCUT2D eigenvalue weighted by molar-refractivity contribution is 7.92. The summed E-state index contributed by atoms with van der Waals surface area (Å²) in [7, 11) is 1.47. The molecular formula is C5H13NO2S. The minimum atomic E-state index is 0.0587. The van der Waals surface area contributed by atoms with Crippen LogP contribution in [-0.4, -0.2) is 12.6 Å². The SMILES string of the molecule is COOSNC(C)(C)C. The van der Waals surface area contributed by atoms with Gasteiger partial charge in [-0.2, -0.15) is 0 Å². The van der Waals surface area contributed by atoms with Gasteiger partial charge < -0.3 is 0 Å². The van der Waals surface area contributed by atoms with E-state index in [4.69, 9.17) is 0 Å². The smallest absolute Gasteiger partial charge is 0.118 e. The van der Waals surface area contributed by atoms with Crippen LogP contribution in [0.5, 0.6) is 0 Å². The molecule has 0 aromatic rings. The van der Waals surface area contributed by atoms with E-state index in [1.54, 1.807) is 0 Å². The summed E-state index contributed by atoms with van der Waals surface area (Å²) in [6, 6.07) is 0. The molecule has 4 heteroatoms. The Morgan fingerprint density at radius 2 is 1.89 bits per heavy atom. The second kappa shape index (κ2) is 4.11. The lowest BCUT2D eigenvalue weighted by Gasteiger charge is -2.17. The summed E-state index contributed by atoms with van der Waals surface area (Å²) in [6.45, 7) is 6.12. The van der Waals surface area contributed by atoms with Crippen molar-refractivity contribution in [1.82, 2.24) is 4.72 Å². The average molecular weight is 151 g/mol. The molecule has 0 aromatic heterocycles. The Labute approximate surface area is 60.4 Å². The molecule has 9 heavy (non-hydrogen) atoms. The summed E-state index contributed by atoms with van der Waals surface area (Å²) in [4.78, 5) is 4.34. The van der Waals surface area contributed by atoms with Crippen molar-refractivity contribution in [2.45, 2.75) is 26.3 Å². The minimum absolute atomic E-state index is 0.0587. The van der Waals surface area contributed by atoms with Crippen molar-refractivity contribution >= 4 is 12.2 Å². The van der Waals surface area contributed by atoms with E-state index in [0.29, 0.717) is 0 Å². The van der Waals surface area contributed by atoms with Crippen LogP contribution < -0.4 is 4.72 Å². The molecule has 0 radical (unpaired) electrons. The minimum Gasteiger partial charge on any atom is -0.232 e. The lowest BCUT2D eigenvalue weighted by atomic mass is 10.1. The maximum atomic E-state index is 4.52. The van der Waals surface area contributed by atoms with Crippen LogP contribution in [0.2, 0.25) is 0 Å². The van der Waals surface area contributed by atoms with Crippen molar-refractivity contribution in [3.05, 3.63) is 0 Å². The second-order valence-electron chi connectivity index (χ2n) is 2.67. The fourth-order valence-corrected chi connectivity index (χ4v) is 0.528. The average Bonchev–Trinajstić information content (AvgIpc) is 1.63. The highest BCUT2D eigenvalue weighted by atomic mass is 32.2. The van der Waals surface area contributed by atoms with Crippen LogP contribution in [0.1, 0.15) is 20.8 Å². The first kappa shape index (κ1) is 9.23. The lowest BCUT2D eigenvalue weighted by Crippen LogP contribution is -2.30. The van der Waals surface area contributed by atoms with Crippen LogP contribution in [0.15, 0.2) is 0 Å². The highest BCUT2D eigenvalue weighted by Crippen LogP contribution is 2.06. The molecule has 0 unspecified atom stereocenters. The molecule has 0 amide bonds. The Hall–Kier alpha value is 0.230. The lowest BCUT2D eigenvalue weighted by molar-refractivity contribution is -0.161. The Bertz CT molecular complexity index is 71.8. The molecular weight excluding hydrogens is 138 g/mol. The van der Waals surface area contributed by atoms with Crippen molar-refractivity contribution in [2.75, 3.05) is 7.11 Å². The quantitative estimate of drug-likeness (QED) is 0.218. The van der Waals surface area contributed by atoms with Crippen molar-refractivity contribution in [1.29, 1.82) is 0 Å². The zero-order chi connectivity index (χ0) is 7.33. The van der Waals surface area contributed by atoms with Crippen LogP contribution in [0, 0.1) is 0 Å². The van der Waals surface area contributed by atoms with Crippen molar-refractivity contribution in [3.63, 3.8) is 0 Å². The largest absolute Gasteiger partial charge is 0.232 e. The predicted octanol–water partition coefficient (Wildman–Crippen LogP) is 1.52. The molecule has 3 nitrogen and oxygen atoms in total. The third-order valence-electron chi connectivity index (χ3n) is 0.450. The normalized spacial score (nSPS) is 12.0.